The lowest BCUT2D eigenvalue weighted by Crippen LogP contribution is -2.30. The van der Waals surface area contributed by atoms with Crippen molar-refractivity contribution in [2.24, 2.45) is 0 Å². The molecule has 0 spiro atoms. The maximum atomic E-state index is 14.8. The highest BCUT2D eigenvalue weighted by Crippen LogP contribution is 2.41. The smallest absolute Gasteiger partial charge is 0.296 e. The first-order valence-corrected chi connectivity index (χ1v) is 9.04. The summed E-state index contributed by atoms with van der Waals surface area (Å²) in [4.78, 5) is 27.9. The Morgan fingerprint density at radius 1 is 1.07 bits per heavy atom. The van der Waals surface area contributed by atoms with E-state index in [-0.39, 0.29) is 28.1 Å². The number of halogens is 1. The number of benzene rings is 2. The van der Waals surface area contributed by atoms with Crippen molar-refractivity contribution in [3.63, 3.8) is 0 Å². The van der Waals surface area contributed by atoms with Gasteiger partial charge in [0.05, 0.1) is 17.0 Å². The third kappa shape index (κ3) is 2.51. The molecule has 5 rings (SSSR count). The number of amides is 1. The average Bonchev–Trinajstić information content (AvgIpc) is 3.24. The van der Waals surface area contributed by atoms with Gasteiger partial charge in [-0.3, -0.25) is 14.5 Å². The lowest BCUT2D eigenvalue weighted by molar-refractivity contribution is 0.0969. The molecule has 0 aliphatic carbocycles. The zero-order valence-electron chi connectivity index (χ0n) is 15.6. The van der Waals surface area contributed by atoms with Crippen LogP contribution in [0.25, 0.3) is 11.0 Å². The van der Waals surface area contributed by atoms with Crippen LogP contribution in [-0.2, 0) is 0 Å². The summed E-state index contributed by atoms with van der Waals surface area (Å²) in [5.41, 5.74) is 1.09. The zero-order valence-corrected chi connectivity index (χ0v) is 15.6. The van der Waals surface area contributed by atoms with Crippen LogP contribution in [0.5, 0.6) is 0 Å². The molecule has 2 aromatic heterocycles. The van der Waals surface area contributed by atoms with Crippen LogP contribution in [-0.4, -0.2) is 11.1 Å². The Hall–Kier alpha value is -3.74. The van der Waals surface area contributed by atoms with Gasteiger partial charge in [0.1, 0.15) is 17.2 Å². The van der Waals surface area contributed by atoms with E-state index in [0.29, 0.717) is 16.7 Å². The first kappa shape index (κ1) is 17.4. The van der Waals surface area contributed by atoms with Crippen LogP contribution in [0, 0.1) is 19.7 Å². The summed E-state index contributed by atoms with van der Waals surface area (Å²) in [5, 5.41) is 4.26. The molecule has 0 saturated carbocycles. The fraction of sp³-hybridized carbons (Fsp3) is 0.136. The number of rotatable bonds is 2. The van der Waals surface area contributed by atoms with Crippen molar-refractivity contribution < 1.29 is 18.1 Å². The van der Waals surface area contributed by atoms with E-state index in [2.05, 4.69) is 5.16 Å². The molecule has 0 N–H and O–H groups in total. The second-order valence-corrected chi connectivity index (χ2v) is 7.07. The van der Waals surface area contributed by atoms with E-state index < -0.39 is 17.8 Å². The molecular formula is C22H15FN2O4. The summed E-state index contributed by atoms with van der Waals surface area (Å²) in [6.45, 7) is 3.54. The van der Waals surface area contributed by atoms with E-state index in [1.54, 1.807) is 49.4 Å². The van der Waals surface area contributed by atoms with Gasteiger partial charge in [0.2, 0.25) is 5.76 Å². The molecule has 0 bridgehead atoms. The van der Waals surface area contributed by atoms with Crippen molar-refractivity contribution in [2.75, 3.05) is 4.90 Å². The number of carbonyl (C=O) groups excluding carboxylic acids is 1. The number of anilines is 1. The molecule has 1 atom stereocenters. The fourth-order valence-electron chi connectivity index (χ4n) is 3.78. The summed E-state index contributed by atoms with van der Waals surface area (Å²) in [6.07, 6.45) is 0. The molecule has 1 aliphatic rings. The minimum Gasteiger partial charge on any atom is -0.450 e. The van der Waals surface area contributed by atoms with Crippen LogP contribution in [0.3, 0.4) is 0 Å². The van der Waals surface area contributed by atoms with Crippen molar-refractivity contribution in [1.82, 2.24) is 5.16 Å². The monoisotopic (exact) mass is 390 g/mol. The van der Waals surface area contributed by atoms with E-state index in [0.717, 1.165) is 5.56 Å². The van der Waals surface area contributed by atoms with Gasteiger partial charge in [0, 0.05) is 11.6 Å². The highest BCUT2D eigenvalue weighted by Gasteiger charge is 2.45. The van der Waals surface area contributed by atoms with Gasteiger partial charge in [-0.15, -0.1) is 0 Å². The summed E-state index contributed by atoms with van der Waals surface area (Å²) >= 11 is 0. The zero-order chi connectivity index (χ0) is 20.3. The molecule has 144 valence electrons. The van der Waals surface area contributed by atoms with Gasteiger partial charge in [0.25, 0.3) is 5.91 Å². The predicted octanol–water partition coefficient (Wildman–Crippen LogP) is 4.29. The summed E-state index contributed by atoms with van der Waals surface area (Å²) in [6, 6.07) is 11.7. The Morgan fingerprint density at radius 3 is 2.59 bits per heavy atom. The molecule has 29 heavy (non-hydrogen) atoms. The van der Waals surface area contributed by atoms with Gasteiger partial charge in [-0.25, -0.2) is 4.39 Å². The van der Waals surface area contributed by atoms with E-state index >= 15 is 0 Å². The molecule has 7 heteroatoms. The molecule has 6 nitrogen and oxygen atoms in total. The van der Waals surface area contributed by atoms with E-state index in [1.165, 1.54) is 11.0 Å². The average molecular weight is 390 g/mol. The normalized spacial score (nSPS) is 15.9. The highest BCUT2D eigenvalue weighted by atomic mass is 19.1. The van der Waals surface area contributed by atoms with Crippen molar-refractivity contribution in [3.8, 4) is 0 Å². The Balaban J connectivity index is 1.86. The molecule has 1 amide bonds. The van der Waals surface area contributed by atoms with Crippen LogP contribution in [0.15, 0.2) is 62.3 Å². The quantitative estimate of drug-likeness (QED) is 0.510. The van der Waals surface area contributed by atoms with Crippen molar-refractivity contribution in [3.05, 3.63) is 92.8 Å². The second kappa shape index (κ2) is 6.13. The highest BCUT2D eigenvalue weighted by molar-refractivity contribution is 6.10. The van der Waals surface area contributed by atoms with E-state index in [4.69, 9.17) is 8.94 Å². The second-order valence-electron chi connectivity index (χ2n) is 7.07. The molecule has 3 heterocycles. The van der Waals surface area contributed by atoms with E-state index in [1.807, 2.05) is 6.92 Å². The first-order chi connectivity index (χ1) is 14.0. The summed E-state index contributed by atoms with van der Waals surface area (Å²) in [5.74, 6) is -0.545. The lowest BCUT2D eigenvalue weighted by atomic mass is 9.97. The standard InChI is InChI=1S/C22H15FN2O4/c1-11-7-8-16-14(9-11)20(26)18-19(13-5-3-4-6-15(13)23)25(22(27)21(18)28-16)17-10-12(2)29-24-17/h3-10,19H,1-2H3/t19-/m1/s1. The number of hydrogen-bond acceptors (Lipinski definition) is 5. The number of carbonyl (C=O) groups is 1. The van der Waals surface area contributed by atoms with Crippen LogP contribution < -0.4 is 10.3 Å². The number of nitrogens with zero attached hydrogens (tertiary/aromatic N) is 2. The lowest BCUT2D eigenvalue weighted by Gasteiger charge is -2.22. The molecule has 0 unspecified atom stereocenters. The molecule has 0 radical (unpaired) electrons. The van der Waals surface area contributed by atoms with Crippen LogP contribution in [0.1, 0.15) is 39.0 Å². The van der Waals surface area contributed by atoms with Crippen molar-refractivity contribution in [1.29, 1.82) is 0 Å². The number of hydrogen-bond donors (Lipinski definition) is 0. The van der Waals surface area contributed by atoms with Crippen LogP contribution in [0.2, 0.25) is 0 Å². The Bertz CT molecular complexity index is 1350. The minimum absolute atomic E-state index is 0.0962. The first-order valence-electron chi connectivity index (χ1n) is 9.04. The molecule has 4 aromatic rings. The predicted molar refractivity (Wildman–Crippen MR) is 104 cm³/mol. The number of fused-ring (bicyclic) bond motifs is 2. The summed E-state index contributed by atoms with van der Waals surface area (Å²) < 4.78 is 25.7. The van der Waals surface area contributed by atoms with E-state index in [9.17, 15) is 14.0 Å². The molecule has 2 aromatic carbocycles. The molecular weight excluding hydrogens is 375 g/mol. The topological polar surface area (TPSA) is 76.6 Å². The number of aryl methyl sites for hydroxylation is 2. The van der Waals surface area contributed by atoms with Crippen molar-refractivity contribution >= 4 is 22.7 Å². The molecule has 1 aliphatic heterocycles. The van der Waals surface area contributed by atoms with Crippen LogP contribution in [0.4, 0.5) is 10.2 Å². The van der Waals surface area contributed by atoms with Gasteiger partial charge in [-0.05, 0) is 32.0 Å². The SMILES string of the molecule is Cc1ccc2oc3c(c(=O)c2c1)[C@@H](c1ccccc1F)N(c1cc(C)on1)C3=O. The van der Waals surface area contributed by atoms with Gasteiger partial charge in [-0.1, -0.05) is 35.0 Å². The number of aromatic nitrogens is 1. The van der Waals surface area contributed by atoms with Gasteiger partial charge >= 0.3 is 0 Å². The van der Waals surface area contributed by atoms with Gasteiger partial charge in [0.15, 0.2) is 11.2 Å². The maximum absolute atomic E-state index is 14.8. The Kier molecular flexibility index (Phi) is 3.67. The Labute approximate surface area is 164 Å². The fourth-order valence-corrected chi connectivity index (χ4v) is 3.78. The van der Waals surface area contributed by atoms with Gasteiger partial charge < -0.3 is 8.94 Å². The van der Waals surface area contributed by atoms with Crippen LogP contribution >= 0.6 is 0 Å². The Morgan fingerprint density at radius 2 is 1.86 bits per heavy atom. The largest absolute Gasteiger partial charge is 0.450 e. The maximum Gasteiger partial charge on any atom is 0.296 e. The summed E-state index contributed by atoms with van der Waals surface area (Å²) in [7, 11) is 0. The third-order valence-electron chi connectivity index (χ3n) is 5.09. The molecule has 0 saturated heterocycles. The van der Waals surface area contributed by atoms with Crippen molar-refractivity contribution in [2.45, 2.75) is 19.9 Å². The van der Waals surface area contributed by atoms with Gasteiger partial charge in [-0.2, -0.15) is 0 Å². The third-order valence-corrected chi connectivity index (χ3v) is 5.09. The minimum atomic E-state index is -1.01. The molecule has 0 fully saturated rings.